The molecule has 0 radical (unpaired) electrons. The molecule has 10 aromatic rings. The highest BCUT2D eigenvalue weighted by Crippen LogP contribution is 2.49. The van der Waals surface area contributed by atoms with Crippen LogP contribution in [0.15, 0.2) is 194 Å². The van der Waals surface area contributed by atoms with Gasteiger partial charge in [-0.3, -0.25) is 0 Å². The fraction of sp³-hybridized carbons (Fsp3) is 0.0377. The highest BCUT2D eigenvalue weighted by Gasteiger charge is 2.38. The Hall–Kier alpha value is -7.61. The van der Waals surface area contributed by atoms with Gasteiger partial charge in [0.05, 0.1) is 45.4 Å². The molecule has 0 saturated carbocycles. The first-order chi connectivity index (χ1) is 28.2. The highest BCUT2D eigenvalue weighted by molar-refractivity contribution is 6.13. The van der Waals surface area contributed by atoms with Crippen molar-refractivity contribution in [1.82, 2.24) is 9.13 Å². The minimum Gasteiger partial charge on any atom is -0.333 e. The van der Waals surface area contributed by atoms with Crippen LogP contribution in [0.25, 0.3) is 71.3 Å². The van der Waals surface area contributed by atoms with Crippen LogP contribution >= 0.6 is 0 Å². The highest BCUT2D eigenvalue weighted by atomic mass is 15.2. The average Bonchev–Trinajstić information content (AvgIpc) is 3.91. The first-order valence-electron chi connectivity index (χ1n) is 19.6. The summed E-state index contributed by atoms with van der Waals surface area (Å²) in [4.78, 5) is 2.50. The van der Waals surface area contributed by atoms with Gasteiger partial charge in [-0.15, -0.1) is 0 Å². The lowest BCUT2D eigenvalue weighted by Crippen LogP contribution is -2.29. The molecule has 0 amide bonds. The van der Waals surface area contributed by atoms with Crippen LogP contribution < -0.4 is 4.90 Å². The Labute approximate surface area is 329 Å². The van der Waals surface area contributed by atoms with Crippen LogP contribution in [-0.4, -0.2) is 15.2 Å². The summed E-state index contributed by atoms with van der Waals surface area (Å²) in [6.07, 6.45) is 7.20. The summed E-state index contributed by atoms with van der Waals surface area (Å²) in [6, 6.07) is 65.8. The van der Waals surface area contributed by atoms with E-state index in [1.807, 2.05) is 12.1 Å². The van der Waals surface area contributed by atoms with Gasteiger partial charge in [0.25, 0.3) is 0 Å². The van der Waals surface area contributed by atoms with Crippen molar-refractivity contribution in [3.63, 3.8) is 0 Å². The molecule has 266 valence electrons. The monoisotopic (exact) mass is 726 g/mol. The third-order valence-electron chi connectivity index (χ3n) is 12.2. The largest absolute Gasteiger partial charge is 0.333 e. The average molecular weight is 727 g/mol. The molecule has 2 atom stereocenters. The molecule has 0 N–H and O–H groups in total. The Morgan fingerprint density at radius 1 is 0.474 bits per heavy atom. The van der Waals surface area contributed by atoms with E-state index in [9.17, 15) is 5.26 Å². The lowest BCUT2D eigenvalue weighted by molar-refractivity contribution is 0.747. The number of allylic oxidation sites excluding steroid dienone is 2. The van der Waals surface area contributed by atoms with Gasteiger partial charge in [-0.2, -0.15) is 5.26 Å². The predicted octanol–water partition coefficient (Wildman–Crippen LogP) is 13.2. The summed E-state index contributed by atoms with van der Waals surface area (Å²) in [5.41, 5.74) is 13.6. The number of aromatic nitrogens is 2. The molecule has 0 fully saturated rings. The van der Waals surface area contributed by atoms with Gasteiger partial charge in [-0.25, -0.2) is 0 Å². The van der Waals surface area contributed by atoms with Gasteiger partial charge < -0.3 is 14.0 Å². The van der Waals surface area contributed by atoms with Crippen LogP contribution in [0.2, 0.25) is 0 Å². The van der Waals surface area contributed by atoms with E-state index >= 15 is 0 Å². The molecule has 8 aromatic carbocycles. The number of fused-ring (bicyclic) bond motifs is 10. The fourth-order valence-corrected chi connectivity index (χ4v) is 9.75. The molecule has 4 nitrogen and oxygen atoms in total. The Balaban J connectivity index is 1.06. The Morgan fingerprint density at radius 2 is 1.16 bits per heavy atom. The maximum Gasteiger partial charge on any atom is 0.0992 e. The zero-order valence-corrected chi connectivity index (χ0v) is 30.9. The predicted molar refractivity (Wildman–Crippen MR) is 236 cm³/mol. The minimum absolute atomic E-state index is 0.182. The third-order valence-corrected chi connectivity index (χ3v) is 12.2. The second-order valence-electron chi connectivity index (χ2n) is 15.2. The lowest BCUT2D eigenvalue weighted by Gasteiger charge is -2.30. The van der Waals surface area contributed by atoms with E-state index in [0.717, 1.165) is 44.2 Å². The Bertz CT molecular complexity index is 3390. The maximum atomic E-state index is 9.91. The summed E-state index contributed by atoms with van der Waals surface area (Å²) in [7, 11) is 0. The third kappa shape index (κ3) is 4.67. The number of hydrogen-bond acceptors (Lipinski definition) is 2. The Kier molecular flexibility index (Phi) is 6.79. The zero-order chi connectivity index (χ0) is 37.6. The normalized spacial score (nSPS) is 16.1. The minimum atomic E-state index is 0.182. The number of nitriles is 1. The molecule has 1 aliphatic heterocycles. The van der Waals surface area contributed by atoms with Crippen molar-refractivity contribution in [2.75, 3.05) is 4.90 Å². The van der Waals surface area contributed by atoms with Crippen LogP contribution in [-0.2, 0) is 0 Å². The van der Waals surface area contributed by atoms with Crippen molar-refractivity contribution in [1.29, 1.82) is 5.26 Å². The summed E-state index contributed by atoms with van der Waals surface area (Å²) in [5, 5.41) is 17.0. The number of hydrogen-bond donors (Lipinski definition) is 0. The standard InChI is InChI=1S/C53H34N4/c54-33-34-22-25-44-41-16-7-10-20-48(41)56(51(44)28-34)39-29-37-12-4-5-15-40(37)53(32-39)57-49-21-11-8-18-43(49)46-30-35(24-27-50(46)57)36-23-26-45-42-17-6-9-19-47(42)55(52(45)31-36)38-13-2-1-3-14-38/h1-32,45,52H. The molecule has 2 aromatic heterocycles. The molecule has 0 spiro atoms. The molecular weight excluding hydrogens is 693 g/mol. The van der Waals surface area contributed by atoms with Crippen molar-refractivity contribution < 1.29 is 0 Å². The van der Waals surface area contributed by atoms with Crippen LogP contribution in [0.3, 0.4) is 0 Å². The van der Waals surface area contributed by atoms with E-state index < -0.39 is 0 Å². The first kappa shape index (κ1) is 31.7. The molecule has 12 rings (SSSR count). The van der Waals surface area contributed by atoms with E-state index in [2.05, 4.69) is 202 Å². The van der Waals surface area contributed by atoms with E-state index in [0.29, 0.717) is 5.56 Å². The molecule has 57 heavy (non-hydrogen) atoms. The second kappa shape index (κ2) is 12.2. The molecule has 0 bridgehead atoms. The molecule has 3 heterocycles. The second-order valence-corrected chi connectivity index (χ2v) is 15.2. The maximum absolute atomic E-state index is 9.91. The fourth-order valence-electron chi connectivity index (χ4n) is 9.75. The van der Waals surface area contributed by atoms with Crippen LogP contribution in [0.1, 0.15) is 22.6 Å². The van der Waals surface area contributed by atoms with E-state index in [1.165, 1.54) is 49.6 Å². The zero-order valence-electron chi connectivity index (χ0n) is 30.9. The molecular formula is C53H34N4. The van der Waals surface area contributed by atoms with Gasteiger partial charge in [-0.05, 0) is 88.8 Å². The van der Waals surface area contributed by atoms with Gasteiger partial charge in [-0.1, -0.05) is 127 Å². The quantitative estimate of drug-likeness (QED) is 0.181. The number of rotatable bonds is 4. The Morgan fingerprint density at radius 3 is 2.00 bits per heavy atom. The van der Waals surface area contributed by atoms with Gasteiger partial charge >= 0.3 is 0 Å². The van der Waals surface area contributed by atoms with Crippen LogP contribution in [0, 0.1) is 11.3 Å². The van der Waals surface area contributed by atoms with E-state index in [1.54, 1.807) is 0 Å². The molecule has 2 unspecified atom stereocenters. The molecule has 2 aliphatic rings. The van der Waals surface area contributed by atoms with Crippen molar-refractivity contribution in [2.45, 2.75) is 12.0 Å². The van der Waals surface area contributed by atoms with Crippen molar-refractivity contribution in [3.05, 3.63) is 211 Å². The number of anilines is 2. The molecule has 1 aliphatic carbocycles. The smallest absolute Gasteiger partial charge is 0.0992 e. The molecule has 0 saturated heterocycles. The van der Waals surface area contributed by atoms with E-state index in [4.69, 9.17) is 0 Å². The van der Waals surface area contributed by atoms with Gasteiger partial charge in [0.1, 0.15) is 0 Å². The summed E-state index contributed by atoms with van der Waals surface area (Å²) in [6.45, 7) is 0. The topological polar surface area (TPSA) is 36.9 Å². The number of para-hydroxylation sites is 4. The number of nitrogens with zero attached hydrogens (tertiary/aromatic N) is 4. The van der Waals surface area contributed by atoms with Crippen LogP contribution in [0.5, 0.6) is 0 Å². The van der Waals surface area contributed by atoms with Gasteiger partial charge in [0, 0.05) is 49.9 Å². The van der Waals surface area contributed by atoms with Crippen molar-refractivity contribution >= 4 is 71.3 Å². The van der Waals surface area contributed by atoms with Gasteiger partial charge in [0.15, 0.2) is 0 Å². The SMILES string of the molecule is N#Cc1ccc2c3ccccc3n(-c3cc(-n4c5ccccc5c5cc(C6=CC7C(C=C6)c6ccccc6N7c6ccccc6)ccc54)c4ccccc4c3)c2c1. The summed E-state index contributed by atoms with van der Waals surface area (Å²) < 4.78 is 4.77. The summed E-state index contributed by atoms with van der Waals surface area (Å²) >= 11 is 0. The lowest BCUT2D eigenvalue weighted by atomic mass is 9.86. The van der Waals surface area contributed by atoms with Crippen molar-refractivity contribution in [2.24, 2.45) is 0 Å². The van der Waals surface area contributed by atoms with E-state index in [-0.39, 0.29) is 12.0 Å². The first-order valence-corrected chi connectivity index (χ1v) is 19.6. The molecule has 4 heteroatoms. The summed E-state index contributed by atoms with van der Waals surface area (Å²) in [5.74, 6) is 0.289. The van der Waals surface area contributed by atoms with Crippen molar-refractivity contribution in [3.8, 4) is 17.4 Å². The van der Waals surface area contributed by atoms with Crippen LogP contribution in [0.4, 0.5) is 11.4 Å². The van der Waals surface area contributed by atoms with Gasteiger partial charge in [0.2, 0.25) is 0 Å². The number of benzene rings is 8.